The molecule has 0 spiro atoms. The third-order valence-corrected chi connectivity index (χ3v) is 12.3. The van der Waals surface area contributed by atoms with Crippen molar-refractivity contribution in [3.8, 4) is 23.0 Å². The molecule has 1 amide bonds. The van der Waals surface area contributed by atoms with Gasteiger partial charge in [-0.3, -0.25) is 4.79 Å². The van der Waals surface area contributed by atoms with E-state index in [0.717, 1.165) is 93.8 Å². The van der Waals surface area contributed by atoms with Crippen LogP contribution in [0.3, 0.4) is 0 Å². The highest BCUT2D eigenvalue weighted by atomic mass is 16.4. The van der Waals surface area contributed by atoms with E-state index in [-0.39, 0.29) is 64.2 Å². The van der Waals surface area contributed by atoms with Crippen molar-refractivity contribution in [3.63, 3.8) is 0 Å². The first-order valence-corrected chi connectivity index (χ1v) is 22.1. The number of carboxylic acid groups (broad SMARTS) is 1. The standard InChI is InChI=1S/C25H35NO3.C22H30O4.C3H7N/c1-5-6-7-8-17-14-21(27)23(20-13-16(4)9-12-19(20)15(2)3)24(28)22(17)25(29)26-18-10-11-18;1-5-6-7-8-15-12-18(23)20(21(24)19(15)22(25)26)17-11-14(4)9-10-16(17)13(2)3;4-3-1-2-3/h13-14,18-20,27-28H,2,5-12H2,1,3-4H3,(H,26,29);11-12,16-17,23-24H,2,5-10H2,1,3-4H3,(H,25,26);3H,1-2,4H2/t19-,20+;16-,17+;/m00./s1. The van der Waals surface area contributed by atoms with Crippen LogP contribution in [0.25, 0.3) is 0 Å². The largest absolute Gasteiger partial charge is 0.507 e. The number of aromatic carboxylic acids is 1. The number of benzene rings is 2. The first-order chi connectivity index (χ1) is 28.0. The summed E-state index contributed by atoms with van der Waals surface area (Å²) in [5, 5.41) is 56.4. The lowest BCUT2D eigenvalue weighted by atomic mass is 9.73. The van der Waals surface area contributed by atoms with Gasteiger partial charge in [0, 0.05) is 35.0 Å². The number of unbranched alkanes of at least 4 members (excludes halogenated alkanes) is 4. The zero-order valence-corrected chi connectivity index (χ0v) is 36.6. The molecule has 0 bridgehead atoms. The predicted molar refractivity (Wildman–Crippen MR) is 239 cm³/mol. The van der Waals surface area contributed by atoms with Crippen LogP contribution in [-0.2, 0) is 12.8 Å². The van der Waals surface area contributed by atoms with Gasteiger partial charge in [-0.05, 0) is 140 Å². The van der Waals surface area contributed by atoms with Gasteiger partial charge in [0.05, 0.1) is 5.56 Å². The number of hydrogen-bond donors (Lipinski definition) is 7. The Bertz CT molecular complexity index is 1900. The molecule has 8 N–H and O–H groups in total. The highest BCUT2D eigenvalue weighted by Crippen LogP contribution is 2.50. The summed E-state index contributed by atoms with van der Waals surface area (Å²) in [5.74, 6) is -1.89. The average Bonchev–Trinajstić information content (AvgIpc) is 4.11. The van der Waals surface area contributed by atoms with Gasteiger partial charge in [-0.15, -0.1) is 0 Å². The quantitative estimate of drug-likeness (QED) is 0.0687. The molecule has 4 aliphatic rings. The molecule has 0 saturated heterocycles. The smallest absolute Gasteiger partial charge is 0.339 e. The topological polar surface area (TPSA) is 173 Å². The van der Waals surface area contributed by atoms with Crippen LogP contribution in [0.5, 0.6) is 23.0 Å². The van der Waals surface area contributed by atoms with Crippen molar-refractivity contribution in [1.29, 1.82) is 0 Å². The maximum absolute atomic E-state index is 13.0. The molecular formula is C50H72N2O7. The fourth-order valence-electron chi connectivity index (χ4n) is 8.51. The lowest BCUT2D eigenvalue weighted by molar-refractivity contribution is 0.0691. The number of carbonyl (C=O) groups is 2. The number of hydrogen-bond acceptors (Lipinski definition) is 7. The number of carbonyl (C=O) groups excluding carboxylic acids is 1. The van der Waals surface area contributed by atoms with Crippen molar-refractivity contribution < 1.29 is 35.1 Å². The van der Waals surface area contributed by atoms with E-state index in [1.54, 1.807) is 6.07 Å². The molecule has 0 unspecified atom stereocenters. The molecular weight excluding hydrogens is 741 g/mol. The minimum atomic E-state index is -1.15. The Kier molecular flexibility index (Phi) is 17.3. The second-order valence-corrected chi connectivity index (χ2v) is 17.7. The van der Waals surface area contributed by atoms with Crippen LogP contribution in [0.4, 0.5) is 0 Å². The third kappa shape index (κ3) is 12.7. The summed E-state index contributed by atoms with van der Waals surface area (Å²) >= 11 is 0. The number of amides is 1. The van der Waals surface area contributed by atoms with Gasteiger partial charge in [0.25, 0.3) is 5.91 Å². The van der Waals surface area contributed by atoms with Crippen LogP contribution in [0, 0.1) is 11.8 Å². The van der Waals surface area contributed by atoms with Crippen LogP contribution in [0.1, 0.15) is 186 Å². The van der Waals surface area contributed by atoms with Gasteiger partial charge >= 0.3 is 5.97 Å². The van der Waals surface area contributed by atoms with Crippen molar-refractivity contribution >= 4 is 11.9 Å². The molecule has 324 valence electrons. The number of aromatic hydroxyl groups is 4. The molecule has 9 nitrogen and oxygen atoms in total. The highest BCUT2D eigenvalue weighted by molar-refractivity contribution is 5.99. The van der Waals surface area contributed by atoms with Gasteiger partial charge in [0.2, 0.25) is 0 Å². The SMILES string of the molecule is C=C(C)[C@@H]1CCC(C)=C[C@H]1c1c(O)cc(CCCCC)c(C(=O)NC2CC2)c1O.C=C(C)[C@@H]1CCC(C)=C[C@H]1c1c(O)cc(CCCCC)c(C(=O)O)c1O.NC1CC1. The number of aryl methyl sites for hydroxylation is 2. The molecule has 6 rings (SSSR count). The van der Waals surface area contributed by atoms with E-state index in [1.807, 2.05) is 26.8 Å². The Morgan fingerprint density at radius 2 is 1.10 bits per heavy atom. The van der Waals surface area contributed by atoms with Gasteiger partial charge in [0.15, 0.2) is 0 Å². The molecule has 2 aromatic carbocycles. The van der Waals surface area contributed by atoms with Gasteiger partial charge in [-0.1, -0.05) is 87.1 Å². The summed E-state index contributed by atoms with van der Waals surface area (Å²) in [6.07, 6.45) is 19.5. The lowest BCUT2D eigenvalue weighted by Gasteiger charge is -2.32. The molecule has 4 aliphatic carbocycles. The lowest BCUT2D eigenvalue weighted by Crippen LogP contribution is -2.27. The maximum Gasteiger partial charge on any atom is 0.339 e. The number of phenols is 4. The van der Waals surface area contributed by atoms with Gasteiger partial charge in [0.1, 0.15) is 28.6 Å². The zero-order chi connectivity index (χ0) is 43.6. The molecule has 2 aromatic rings. The average molecular weight is 813 g/mol. The Morgan fingerprint density at radius 1 is 0.695 bits per heavy atom. The summed E-state index contributed by atoms with van der Waals surface area (Å²) in [7, 11) is 0. The second-order valence-electron chi connectivity index (χ2n) is 17.7. The van der Waals surface area contributed by atoms with Crippen molar-refractivity contribution in [2.45, 2.75) is 168 Å². The third-order valence-electron chi connectivity index (χ3n) is 12.3. The molecule has 9 heteroatoms. The molecule has 0 heterocycles. The number of phenolic OH excluding ortho intramolecular Hbond substituents is 3. The summed E-state index contributed by atoms with van der Waals surface area (Å²) in [5.41, 5.74) is 11.9. The van der Waals surface area contributed by atoms with Crippen molar-refractivity contribution in [2.75, 3.05) is 0 Å². The summed E-state index contributed by atoms with van der Waals surface area (Å²) < 4.78 is 0. The highest BCUT2D eigenvalue weighted by Gasteiger charge is 2.35. The maximum atomic E-state index is 13.0. The fourth-order valence-corrected chi connectivity index (χ4v) is 8.51. The van der Waals surface area contributed by atoms with Crippen LogP contribution in [-0.4, -0.2) is 49.5 Å². The van der Waals surface area contributed by atoms with E-state index >= 15 is 0 Å². The monoisotopic (exact) mass is 813 g/mol. The van der Waals surface area contributed by atoms with E-state index in [0.29, 0.717) is 41.1 Å². The van der Waals surface area contributed by atoms with Gasteiger partial charge < -0.3 is 36.6 Å². The molecule has 2 fully saturated rings. The number of nitrogens with two attached hydrogens (primary N) is 1. The van der Waals surface area contributed by atoms with Crippen LogP contribution in [0.15, 0.2) is 59.7 Å². The molecule has 0 aliphatic heterocycles. The Balaban J connectivity index is 0.000000239. The predicted octanol–water partition coefficient (Wildman–Crippen LogP) is 11.4. The van der Waals surface area contributed by atoms with E-state index in [1.165, 1.54) is 30.1 Å². The van der Waals surface area contributed by atoms with Crippen LogP contribution in [0.2, 0.25) is 0 Å². The normalized spacial score (nSPS) is 21.1. The minimum absolute atomic E-state index is 0.0267. The van der Waals surface area contributed by atoms with E-state index in [4.69, 9.17) is 5.73 Å². The van der Waals surface area contributed by atoms with E-state index in [2.05, 4.69) is 45.3 Å². The van der Waals surface area contributed by atoms with Crippen molar-refractivity contribution in [2.24, 2.45) is 17.6 Å². The number of allylic oxidation sites excluding steroid dienone is 6. The zero-order valence-electron chi connectivity index (χ0n) is 36.6. The molecule has 4 atom stereocenters. The number of rotatable bonds is 15. The van der Waals surface area contributed by atoms with Crippen LogP contribution < -0.4 is 11.1 Å². The first-order valence-electron chi connectivity index (χ1n) is 22.1. The minimum Gasteiger partial charge on any atom is -0.507 e. The number of carboxylic acids is 1. The molecule has 59 heavy (non-hydrogen) atoms. The van der Waals surface area contributed by atoms with Crippen LogP contribution >= 0.6 is 0 Å². The van der Waals surface area contributed by atoms with Crippen molar-refractivity contribution in [3.05, 3.63) is 93.1 Å². The second kappa shape index (κ2) is 21.7. The Hall–Kier alpha value is -4.50. The summed E-state index contributed by atoms with van der Waals surface area (Å²) in [6.45, 7) is 20.4. The first kappa shape index (κ1) is 47.2. The van der Waals surface area contributed by atoms with Gasteiger partial charge in [-0.2, -0.15) is 0 Å². The summed E-state index contributed by atoms with van der Waals surface area (Å²) in [4.78, 5) is 24.8. The molecule has 0 radical (unpaired) electrons. The van der Waals surface area contributed by atoms with Crippen molar-refractivity contribution in [1.82, 2.24) is 5.32 Å². The van der Waals surface area contributed by atoms with E-state index in [9.17, 15) is 35.1 Å². The molecule has 2 saturated carbocycles. The van der Waals surface area contributed by atoms with Gasteiger partial charge in [-0.25, -0.2) is 4.79 Å². The Morgan fingerprint density at radius 3 is 1.46 bits per heavy atom. The fraction of sp³-hybridized carbons (Fsp3) is 0.560. The molecule has 0 aromatic heterocycles. The van der Waals surface area contributed by atoms with E-state index < -0.39 is 5.97 Å². The number of nitrogens with one attached hydrogen (secondary N) is 1. The summed E-state index contributed by atoms with van der Waals surface area (Å²) in [6, 6.07) is 4.03. The Labute approximate surface area is 353 Å².